The highest BCUT2D eigenvalue weighted by Crippen LogP contribution is 2.23. The molecule has 0 saturated carbocycles. The van der Waals surface area contributed by atoms with Gasteiger partial charge in [-0.1, -0.05) is 19.9 Å². The van der Waals surface area contributed by atoms with Crippen molar-refractivity contribution in [2.45, 2.75) is 33.1 Å². The van der Waals surface area contributed by atoms with Gasteiger partial charge in [0.25, 0.3) is 0 Å². The Morgan fingerprint density at radius 1 is 1.50 bits per heavy atom. The van der Waals surface area contributed by atoms with E-state index in [9.17, 15) is 4.79 Å². The van der Waals surface area contributed by atoms with Crippen LogP contribution in [0.5, 0.6) is 0 Å². The number of nitrogens with zero attached hydrogens (tertiary/aromatic N) is 2. The average Bonchev–Trinajstić information content (AvgIpc) is 2.68. The summed E-state index contributed by atoms with van der Waals surface area (Å²) in [6.45, 7) is 6.20. The normalized spacial score (nSPS) is 12.9. The van der Waals surface area contributed by atoms with Gasteiger partial charge >= 0.3 is 0 Å². The largest absolute Gasteiger partial charge is 0.296 e. The number of hydrogen-bond donors (Lipinski definition) is 0. The average molecular weight is 216 g/mol. The fourth-order valence-corrected chi connectivity index (χ4v) is 1.97. The number of rotatable bonds is 3. The molecule has 0 aliphatic heterocycles. The summed E-state index contributed by atoms with van der Waals surface area (Å²) in [5.74, 6) is 0.319. The van der Waals surface area contributed by atoms with Crippen LogP contribution in [0.3, 0.4) is 0 Å². The zero-order valence-corrected chi connectivity index (χ0v) is 9.90. The fraction of sp³-hybridized carbons (Fsp3) is 0.385. The molecule has 2 rings (SSSR count). The zero-order valence-electron chi connectivity index (χ0n) is 9.90. The third kappa shape index (κ3) is 1.52. The Labute approximate surface area is 95.1 Å². The molecule has 2 aromatic heterocycles. The first kappa shape index (κ1) is 10.9. The Bertz CT molecular complexity index is 528. The van der Waals surface area contributed by atoms with Gasteiger partial charge in [-0.2, -0.15) is 0 Å². The Hall–Kier alpha value is -1.64. The Kier molecular flexibility index (Phi) is 2.77. The first-order valence-electron chi connectivity index (χ1n) is 5.62. The maximum Gasteiger partial charge on any atom is 0.168 e. The van der Waals surface area contributed by atoms with E-state index in [-0.39, 0.29) is 0 Å². The number of aromatic nitrogens is 2. The molecule has 84 valence electrons. The third-order valence-electron chi connectivity index (χ3n) is 3.09. The van der Waals surface area contributed by atoms with Crippen molar-refractivity contribution in [1.82, 2.24) is 9.38 Å². The molecule has 0 radical (unpaired) electrons. The van der Waals surface area contributed by atoms with E-state index in [2.05, 4.69) is 18.8 Å². The van der Waals surface area contributed by atoms with Gasteiger partial charge < -0.3 is 0 Å². The third-order valence-corrected chi connectivity index (χ3v) is 3.09. The molecule has 3 heteroatoms. The Morgan fingerprint density at radius 3 is 2.88 bits per heavy atom. The smallest absolute Gasteiger partial charge is 0.168 e. The lowest BCUT2D eigenvalue weighted by Crippen LogP contribution is -2.00. The predicted molar refractivity (Wildman–Crippen MR) is 64.0 cm³/mol. The summed E-state index contributed by atoms with van der Waals surface area (Å²) < 4.78 is 1.93. The molecule has 0 spiro atoms. The van der Waals surface area contributed by atoms with E-state index in [0.717, 1.165) is 29.7 Å². The van der Waals surface area contributed by atoms with E-state index in [1.54, 1.807) is 0 Å². The molecule has 3 nitrogen and oxygen atoms in total. The second-order valence-corrected chi connectivity index (χ2v) is 4.17. The molecule has 0 aliphatic carbocycles. The van der Waals surface area contributed by atoms with Crippen LogP contribution >= 0.6 is 0 Å². The van der Waals surface area contributed by atoms with Crippen molar-refractivity contribution in [3.8, 4) is 0 Å². The maximum absolute atomic E-state index is 11.2. The first-order chi connectivity index (χ1) is 7.69. The monoisotopic (exact) mass is 216 g/mol. The van der Waals surface area contributed by atoms with Gasteiger partial charge in [0.1, 0.15) is 11.3 Å². The molecule has 0 fully saturated rings. The molecular formula is C13H16N2O. The van der Waals surface area contributed by atoms with Crippen molar-refractivity contribution < 1.29 is 4.79 Å². The number of aldehydes is 1. The number of carbonyl (C=O) groups excluding carboxylic acids is 1. The number of hydrogen-bond acceptors (Lipinski definition) is 2. The van der Waals surface area contributed by atoms with Crippen molar-refractivity contribution in [2.24, 2.45) is 0 Å². The number of fused-ring (bicyclic) bond motifs is 1. The van der Waals surface area contributed by atoms with Crippen LogP contribution in [0, 0.1) is 6.92 Å². The summed E-state index contributed by atoms with van der Waals surface area (Å²) in [7, 11) is 0. The molecule has 1 atom stereocenters. The van der Waals surface area contributed by atoms with Gasteiger partial charge in [-0.05, 0) is 25.5 Å². The van der Waals surface area contributed by atoms with Gasteiger partial charge in [0.2, 0.25) is 0 Å². The molecule has 0 aliphatic rings. The quantitative estimate of drug-likeness (QED) is 0.739. The molecule has 0 bridgehead atoms. The highest BCUT2D eigenvalue weighted by atomic mass is 16.1. The van der Waals surface area contributed by atoms with E-state index in [0.29, 0.717) is 11.6 Å². The lowest BCUT2D eigenvalue weighted by Gasteiger charge is -2.05. The molecule has 0 aromatic carbocycles. The van der Waals surface area contributed by atoms with Crippen molar-refractivity contribution >= 4 is 11.9 Å². The molecule has 0 saturated heterocycles. The molecule has 0 N–H and O–H groups in total. The summed E-state index contributed by atoms with van der Waals surface area (Å²) in [5, 5.41) is 0. The standard InChI is InChI=1S/C13H16N2O/c1-4-9(2)13-11(8-16)15-10(3)6-5-7-12(15)14-13/h5-9H,4H2,1-3H3. The molecular weight excluding hydrogens is 200 g/mol. The van der Waals surface area contributed by atoms with E-state index in [1.807, 2.05) is 29.5 Å². The number of pyridine rings is 1. The lowest BCUT2D eigenvalue weighted by atomic mass is 10.0. The van der Waals surface area contributed by atoms with E-state index in [1.165, 1.54) is 0 Å². The lowest BCUT2D eigenvalue weighted by molar-refractivity contribution is 0.111. The number of carbonyl (C=O) groups is 1. The molecule has 1 unspecified atom stereocenters. The minimum absolute atomic E-state index is 0.319. The highest BCUT2D eigenvalue weighted by molar-refractivity contribution is 5.77. The van der Waals surface area contributed by atoms with Gasteiger partial charge in [-0.15, -0.1) is 0 Å². The second kappa shape index (κ2) is 4.08. The van der Waals surface area contributed by atoms with Gasteiger partial charge in [0.05, 0.1) is 5.69 Å². The van der Waals surface area contributed by atoms with Crippen LogP contribution in [0.15, 0.2) is 18.2 Å². The van der Waals surface area contributed by atoms with Crippen LogP contribution in [0.25, 0.3) is 5.65 Å². The van der Waals surface area contributed by atoms with Crippen LogP contribution in [0.1, 0.15) is 48.1 Å². The SMILES string of the molecule is CCC(C)c1nc2cccc(C)n2c1C=O. The summed E-state index contributed by atoms with van der Waals surface area (Å²) in [5.41, 5.74) is 3.51. The maximum atomic E-state index is 11.2. The molecule has 0 amide bonds. The molecule has 16 heavy (non-hydrogen) atoms. The van der Waals surface area contributed by atoms with Crippen LogP contribution in [-0.2, 0) is 0 Å². The van der Waals surface area contributed by atoms with Gasteiger partial charge in [-0.25, -0.2) is 4.98 Å². The summed E-state index contributed by atoms with van der Waals surface area (Å²) in [4.78, 5) is 15.8. The van der Waals surface area contributed by atoms with Gasteiger partial charge in [0.15, 0.2) is 6.29 Å². The topological polar surface area (TPSA) is 34.4 Å². The van der Waals surface area contributed by atoms with Gasteiger partial charge in [-0.3, -0.25) is 9.20 Å². The Balaban J connectivity index is 2.77. The Morgan fingerprint density at radius 2 is 2.25 bits per heavy atom. The minimum Gasteiger partial charge on any atom is -0.296 e. The van der Waals surface area contributed by atoms with Crippen LogP contribution < -0.4 is 0 Å². The van der Waals surface area contributed by atoms with Crippen LogP contribution in [-0.4, -0.2) is 15.7 Å². The van der Waals surface area contributed by atoms with E-state index >= 15 is 0 Å². The minimum atomic E-state index is 0.319. The highest BCUT2D eigenvalue weighted by Gasteiger charge is 2.16. The first-order valence-corrected chi connectivity index (χ1v) is 5.62. The van der Waals surface area contributed by atoms with Crippen molar-refractivity contribution in [3.05, 3.63) is 35.3 Å². The zero-order chi connectivity index (χ0) is 11.7. The van der Waals surface area contributed by atoms with E-state index in [4.69, 9.17) is 0 Å². The molecule has 2 aromatic rings. The van der Waals surface area contributed by atoms with Crippen LogP contribution in [0.4, 0.5) is 0 Å². The summed E-state index contributed by atoms with van der Waals surface area (Å²) >= 11 is 0. The van der Waals surface area contributed by atoms with Crippen molar-refractivity contribution in [2.75, 3.05) is 0 Å². The van der Waals surface area contributed by atoms with Gasteiger partial charge in [0, 0.05) is 11.6 Å². The van der Waals surface area contributed by atoms with Crippen molar-refractivity contribution in [3.63, 3.8) is 0 Å². The van der Waals surface area contributed by atoms with Crippen molar-refractivity contribution in [1.29, 1.82) is 0 Å². The molecule has 2 heterocycles. The fourth-order valence-electron chi connectivity index (χ4n) is 1.97. The number of imidazole rings is 1. The number of aryl methyl sites for hydroxylation is 1. The summed E-state index contributed by atoms with van der Waals surface area (Å²) in [6.07, 6.45) is 1.90. The second-order valence-electron chi connectivity index (χ2n) is 4.17. The summed E-state index contributed by atoms with van der Waals surface area (Å²) in [6, 6.07) is 5.89. The van der Waals surface area contributed by atoms with E-state index < -0.39 is 0 Å². The predicted octanol–water partition coefficient (Wildman–Crippen LogP) is 2.97. The van der Waals surface area contributed by atoms with Crippen LogP contribution in [0.2, 0.25) is 0 Å².